The quantitative estimate of drug-likeness (QED) is 0.673. The molecule has 0 atom stereocenters. The summed E-state index contributed by atoms with van der Waals surface area (Å²) in [6.07, 6.45) is 3.25. The molecule has 1 aliphatic heterocycles. The largest absolute Gasteiger partial charge is 0.342 e. The molecular formula is C18H18N4O2S. The predicted molar refractivity (Wildman–Crippen MR) is 96.2 cm³/mol. The number of carbonyl (C=O) groups is 1. The molecule has 0 bridgehead atoms. The van der Waals surface area contributed by atoms with Crippen molar-refractivity contribution in [2.75, 3.05) is 18.8 Å². The summed E-state index contributed by atoms with van der Waals surface area (Å²) >= 11 is 1.20. The van der Waals surface area contributed by atoms with E-state index in [1.807, 2.05) is 29.2 Å². The highest BCUT2D eigenvalue weighted by molar-refractivity contribution is 7.99. The van der Waals surface area contributed by atoms with Crippen molar-refractivity contribution in [3.05, 3.63) is 46.2 Å². The summed E-state index contributed by atoms with van der Waals surface area (Å²) in [4.78, 5) is 33.3. The van der Waals surface area contributed by atoms with Crippen molar-refractivity contribution >= 4 is 17.7 Å². The summed E-state index contributed by atoms with van der Waals surface area (Å²) in [6.45, 7) is 1.60. The van der Waals surface area contributed by atoms with Gasteiger partial charge < -0.3 is 9.88 Å². The van der Waals surface area contributed by atoms with Gasteiger partial charge in [0.25, 0.3) is 5.56 Å². The molecule has 7 heteroatoms. The van der Waals surface area contributed by atoms with E-state index in [0.717, 1.165) is 25.9 Å². The average molecular weight is 354 g/mol. The van der Waals surface area contributed by atoms with Gasteiger partial charge in [-0.05, 0) is 19.3 Å². The summed E-state index contributed by atoms with van der Waals surface area (Å²) < 4.78 is 0. The Morgan fingerprint density at radius 2 is 1.96 bits per heavy atom. The Kier molecular flexibility index (Phi) is 5.51. The standard InChI is InChI=1S/C18H18N4O2S/c19-11-14-16(13-7-3-1-4-8-13)20-18(21-17(14)24)25-12-15(23)22-9-5-2-6-10-22/h1,3-4,7-8H,2,5-6,9-10,12H2,(H,20,21,24). The van der Waals surface area contributed by atoms with Gasteiger partial charge in [-0.1, -0.05) is 42.1 Å². The van der Waals surface area contributed by atoms with Crippen LogP contribution in [0.5, 0.6) is 0 Å². The van der Waals surface area contributed by atoms with Crippen LogP contribution in [-0.2, 0) is 4.79 Å². The first-order valence-electron chi connectivity index (χ1n) is 8.19. The molecule has 1 N–H and O–H groups in total. The third-order valence-electron chi connectivity index (χ3n) is 4.10. The minimum Gasteiger partial charge on any atom is -0.342 e. The molecule has 0 saturated carbocycles. The van der Waals surface area contributed by atoms with E-state index in [2.05, 4.69) is 9.97 Å². The highest BCUT2D eigenvalue weighted by Gasteiger charge is 2.18. The van der Waals surface area contributed by atoms with Crippen LogP contribution in [-0.4, -0.2) is 39.6 Å². The van der Waals surface area contributed by atoms with Crippen LogP contribution in [0.25, 0.3) is 11.3 Å². The van der Waals surface area contributed by atoms with E-state index >= 15 is 0 Å². The van der Waals surface area contributed by atoms with Gasteiger partial charge in [0.1, 0.15) is 11.6 Å². The molecule has 1 saturated heterocycles. The molecule has 2 heterocycles. The molecule has 0 unspecified atom stereocenters. The van der Waals surface area contributed by atoms with E-state index in [1.165, 1.54) is 18.2 Å². The number of aromatic amines is 1. The Hall–Kier alpha value is -2.59. The number of aromatic nitrogens is 2. The van der Waals surface area contributed by atoms with Crippen molar-refractivity contribution in [1.29, 1.82) is 5.26 Å². The zero-order chi connectivity index (χ0) is 17.6. The minimum absolute atomic E-state index is 0.0158. The van der Waals surface area contributed by atoms with Crippen molar-refractivity contribution in [2.45, 2.75) is 24.4 Å². The van der Waals surface area contributed by atoms with Gasteiger partial charge in [0, 0.05) is 18.7 Å². The average Bonchev–Trinajstić information content (AvgIpc) is 2.67. The summed E-state index contributed by atoms with van der Waals surface area (Å²) in [6, 6.07) is 11.0. The lowest BCUT2D eigenvalue weighted by Gasteiger charge is -2.26. The first kappa shape index (κ1) is 17.2. The first-order chi connectivity index (χ1) is 12.2. The number of hydrogen-bond acceptors (Lipinski definition) is 5. The Morgan fingerprint density at radius 3 is 2.64 bits per heavy atom. The van der Waals surface area contributed by atoms with Crippen molar-refractivity contribution in [2.24, 2.45) is 0 Å². The number of benzene rings is 1. The van der Waals surface area contributed by atoms with Crippen LogP contribution < -0.4 is 5.56 Å². The summed E-state index contributed by atoms with van der Waals surface area (Å²) in [5.41, 5.74) is 0.552. The SMILES string of the molecule is N#Cc1c(-c2ccccc2)nc(SCC(=O)N2CCCCC2)[nH]c1=O. The van der Waals surface area contributed by atoms with Crippen molar-refractivity contribution in [1.82, 2.24) is 14.9 Å². The molecule has 0 radical (unpaired) electrons. The fourth-order valence-corrected chi connectivity index (χ4v) is 3.56. The topological polar surface area (TPSA) is 89.8 Å². The third-order valence-corrected chi connectivity index (χ3v) is 4.96. The molecule has 3 rings (SSSR count). The molecule has 25 heavy (non-hydrogen) atoms. The first-order valence-corrected chi connectivity index (χ1v) is 9.18. The van der Waals surface area contributed by atoms with Gasteiger partial charge in [-0.15, -0.1) is 0 Å². The number of H-pyrrole nitrogens is 1. The molecule has 1 aromatic carbocycles. The lowest BCUT2D eigenvalue weighted by molar-refractivity contribution is -0.129. The Labute approximate surface area is 149 Å². The van der Waals surface area contributed by atoms with E-state index in [-0.39, 0.29) is 17.2 Å². The summed E-state index contributed by atoms with van der Waals surface area (Å²) in [7, 11) is 0. The van der Waals surface area contributed by atoms with Gasteiger partial charge >= 0.3 is 0 Å². The summed E-state index contributed by atoms with van der Waals surface area (Å²) in [5.74, 6) is 0.279. The van der Waals surface area contributed by atoms with Gasteiger partial charge in [-0.25, -0.2) is 4.98 Å². The molecule has 1 amide bonds. The fraction of sp³-hybridized carbons (Fsp3) is 0.333. The molecule has 2 aromatic rings. The molecule has 6 nitrogen and oxygen atoms in total. The van der Waals surface area contributed by atoms with Gasteiger partial charge in [-0.2, -0.15) is 5.26 Å². The second-order valence-corrected chi connectivity index (χ2v) is 6.77. The number of nitrogens with one attached hydrogen (secondary N) is 1. The molecule has 1 fully saturated rings. The third kappa shape index (κ3) is 4.09. The Balaban J connectivity index is 1.80. The summed E-state index contributed by atoms with van der Waals surface area (Å²) in [5, 5.41) is 9.62. The number of piperidine rings is 1. The molecular weight excluding hydrogens is 336 g/mol. The second kappa shape index (κ2) is 7.99. The number of hydrogen-bond donors (Lipinski definition) is 1. The Bertz CT molecular complexity index is 852. The molecule has 1 aromatic heterocycles. The number of likely N-dealkylation sites (tertiary alicyclic amines) is 1. The second-order valence-electron chi connectivity index (χ2n) is 5.80. The van der Waals surface area contributed by atoms with Crippen LogP contribution in [0.4, 0.5) is 0 Å². The van der Waals surface area contributed by atoms with Crippen molar-refractivity contribution in [3.8, 4) is 17.3 Å². The van der Waals surface area contributed by atoms with Crippen molar-refractivity contribution in [3.63, 3.8) is 0 Å². The zero-order valence-electron chi connectivity index (χ0n) is 13.7. The maximum atomic E-state index is 12.3. The molecule has 1 aliphatic rings. The van der Waals surface area contributed by atoms with E-state index in [9.17, 15) is 14.9 Å². The number of amides is 1. The van der Waals surface area contributed by atoms with E-state index in [1.54, 1.807) is 12.1 Å². The lowest BCUT2D eigenvalue weighted by atomic mass is 10.1. The lowest BCUT2D eigenvalue weighted by Crippen LogP contribution is -2.36. The van der Waals surface area contributed by atoms with Crippen LogP contribution in [0, 0.1) is 11.3 Å². The minimum atomic E-state index is -0.482. The maximum Gasteiger partial charge on any atom is 0.270 e. The van der Waals surface area contributed by atoms with E-state index < -0.39 is 5.56 Å². The maximum absolute atomic E-state index is 12.3. The normalized spacial score (nSPS) is 14.1. The van der Waals surface area contributed by atoms with Crippen LogP contribution in [0.1, 0.15) is 24.8 Å². The smallest absolute Gasteiger partial charge is 0.270 e. The fourth-order valence-electron chi connectivity index (χ4n) is 2.79. The van der Waals surface area contributed by atoms with E-state index in [4.69, 9.17) is 0 Å². The van der Waals surface area contributed by atoms with Crippen LogP contribution >= 0.6 is 11.8 Å². The van der Waals surface area contributed by atoms with Gasteiger partial charge in [0.2, 0.25) is 5.91 Å². The number of nitriles is 1. The van der Waals surface area contributed by atoms with Gasteiger partial charge in [0.05, 0.1) is 11.4 Å². The molecule has 128 valence electrons. The molecule has 0 spiro atoms. The van der Waals surface area contributed by atoms with Gasteiger partial charge in [0.15, 0.2) is 5.16 Å². The number of nitrogens with zero attached hydrogens (tertiary/aromatic N) is 3. The van der Waals surface area contributed by atoms with E-state index in [0.29, 0.717) is 16.4 Å². The predicted octanol–water partition coefficient (Wildman–Crippen LogP) is 2.41. The highest BCUT2D eigenvalue weighted by atomic mass is 32.2. The number of thioether (sulfide) groups is 1. The van der Waals surface area contributed by atoms with Crippen LogP contribution in [0.3, 0.4) is 0 Å². The molecule has 0 aliphatic carbocycles. The Morgan fingerprint density at radius 1 is 1.24 bits per heavy atom. The van der Waals surface area contributed by atoms with Crippen LogP contribution in [0.2, 0.25) is 0 Å². The zero-order valence-corrected chi connectivity index (χ0v) is 14.5. The number of rotatable bonds is 4. The highest BCUT2D eigenvalue weighted by Crippen LogP contribution is 2.22. The van der Waals surface area contributed by atoms with Gasteiger partial charge in [-0.3, -0.25) is 9.59 Å². The number of carbonyl (C=O) groups excluding carboxylic acids is 1. The van der Waals surface area contributed by atoms with Crippen LogP contribution in [0.15, 0.2) is 40.3 Å². The van der Waals surface area contributed by atoms with Crippen molar-refractivity contribution < 1.29 is 4.79 Å². The monoisotopic (exact) mass is 354 g/mol.